The van der Waals surface area contributed by atoms with Crippen molar-refractivity contribution in [2.75, 3.05) is 11.3 Å². The lowest BCUT2D eigenvalue weighted by Crippen LogP contribution is -2.53. The highest BCUT2D eigenvalue weighted by Gasteiger charge is 2.25. The van der Waals surface area contributed by atoms with Gasteiger partial charge in [-0.1, -0.05) is 38.8 Å². The Balaban J connectivity index is 1.85. The van der Waals surface area contributed by atoms with Crippen molar-refractivity contribution in [2.24, 2.45) is 0 Å². The van der Waals surface area contributed by atoms with E-state index in [-0.39, 0.29) is 16.7 Å². The number of pyridine rings is 1. The van der Waals surface area contributed by atoms with E-state index >= 15 is 0 Å². The zero-order chi connectivity index (χ0) is 23.7. The van der Waals surface area contributed by atoms with Gasteiger partial charge in [-0.3, -0.25) is 14.9 Å². The van der Waals surface area contributed by atoms with E-state index in [9.17, 15) is 14.9 Å². The van der Waals surface area contributed by atoms with Crippen LogP contribution in [0.3, 0.4) is 0 Å². The van der Waals surface area contributed by atoms with Gasteiger partial charge in [0.1, 0.15) is 5.69 Å². The molecule has 2 aromatic heterocycles. The van der Waals surface area contributed by atoms with E-state index in [0.29, 0.717) is 5.69 Å². The molecule has 2 heterocycles. The van der Waals surface area contributed by atoms with Gasteiger partial charge in [-0.05, 0) is 54.1 Å². The Morgan fingerprint density at radius 3 is 2.48 bits per heavy atom. The molecule has 0 aliphatic heterocycles. The fraction of sp³-hybridized carbons (Fsp3) is 0.167. The third kappa shape index (κ3) is 4.79. The summed E-state index contributed by atoms with van der Waals surface area (Å²) in [6, 6.07) is 17.3. The molecule has 4 rings (SSSR count). The van der Waals surface area contributed by atoms with Crippen molar-refractivity contribution in [3.05, 3.63) is 91.8 Å². The topological polar surface area (TPSA) is 91.9 Å². The summed E-state index contributed by atoms with van der Waals surface area (Å²) in [6.45, 7) is 5.90. The van der Waals surface area contributed by atoms with Crippen LogP contribution in [0.5, 0.6) is 0 Å². The van der Waals surface area contributed by atoms with Gasteiger partial charge in [0.2, 0.25) is 11.4 Å². The molecule has 0 saturated carbocycles. The van der Waals surface area contributed by atoms with E-state index in [0.717, 1.165) is 60.1 Å². The van der Waals surface area contributed by atoms with Crippen molar-refractivity contribution < 1.29 is 14.4 Å². The van der Waals surface area contributed by atoms with Gasteiger partial charge in [0.15, 0.2) is 0 Å². The molecule has 33 heavy (non-hydrogen) atoms. The highest BCUT2D eigenvalue weighted by atomic mass is 79.9. The molecule has 0 fully saturated rings. The van der Waals surface area contributed by atoms with Crippen molar-refractivity contribution in [1.29, 1.82) is 0 Å². The molecule has 2 N–H and O–H groups in total. The summed E-state index contributed by atoms with van der Waals surface area (Å²) in [5.41, 5.74) is 8.74. The Bertz CT molecular complexity index is 1380. The zero-order valence-corrected chi connectivity index (χ0v) is 20.7. The second kappa shape index (κ2) is 9.36. The average Bonchev–Trinajstić information content (AvgIpc) is 3.13. The maximum absolute atomic E-state index is 13.5. The molecular formula is C24H22BrN4O3S+. The predicted molar refractivity (Wildman–Crippen MR) is 134 cm³/mol. The molecule has 1 amide bonds. The highest BCUT2D eigenvalue weighted by Crippen LogP contribution is 2.38. The fourth-order valence-electron chi connectivity index (χ4n) is 3.94. The molecule has 0 aliphatic rings. The summed E-state index contributed by atoms with van der Waals surface area (Å²) in [7, 11) is 0. The number of halogens is 1. The summed E-state index contributed by atoms with van der Waals surface area (Å²) in [6.07, 6.45) is 0. The van der Waals surface area contributed by atoms with Crippen molar-refractivity contribution in [2.45, 2.75) is 25.7 Å². The van der Waals surface area contributed by atoms with Crippen LogP contribution in [-0.2, 0) is 0 Å². The third-order valence-corrected chi connectivity index (χ3v) is 6.89. The smallest absolute Gasteiger partial charge is 0.322 e. The van der Waals surface area contributed by atoms with Crippen molar-refractivity contribution >= 4 is 44.5 Å². The molecule has 0 unspecified atom stereocenters. The number of carbonyl (C=O) groups excluding carboxylic acids is 1. The number of aromatic nitrogens is 2. The van der Waals surface area contributed by atoms with E-state index in [4.69, 9.17) is 0 Å². The Kier molecular flexibility index (Phi) is 6.53. The number of nitrogens with one attached hydrogen (secondary N) is 2. The number of carbonyl (C=O) groups is 1. The number of hydrogen-bond donors (Lipinski definition) is 2. The maximum Gasteiger partial charge on any atom is 0.322 e. The normalized spacial score (nSPS) is 11.0. The molecule has 0 aliphatic carbocycles. The van der Waals surface area contributed by atoms with Gasteiger partial charge in [0, 0.05) is 56.7 Å². The highest BCUT2D eigenvalue weighted by molar-refractivity contribution is 9.10. The molecule has 4 aromatic rings. The van der Waals surface area contributed by atoms with Crippen LogP contribution in [0, 0.1) is 30.9 Å². The number of aromatic amines is 1. The molecule has 9 heteroatoms. The standard InChI is InChI=1S/C24H21BrN4O3S/c1-14-10-15(2)29(16(3)11-14)27-24(30)23-22(18-6-4-5-7-20(18)25)19-12-17(33-13-28(31)32)8-9-21(19)26-23/h4-12H,13H2,1-3H3,(H-,26,27,30)/p+1. The molecule has 2 aromatic carbocycles. The summed E-state index contributed by atoms with van der Waals surface area (Å²) in [4.78, 5) is 28.0. The van der Waals surface area contributed by atoms with Crippen LogP contribution in [0.4, 0.5) is 0 Å². The van der Waals surface area contributed by atoms with Crippen molar-refractivity contribution in [3.8, 4) is 11.1 Å². The van der Waals surface area contributed by atoms with Crippen LogP contribution in [0.25, 0.3) is 22.0 Å². The molecule has 7 nitrogen and oxygen atoms in total. The summed E-state index contributed by atoms with van der Waals surface area (Å²) in [5.74, 6) is -0.507. The summed E-state index contributed by atoms with van der Waals surface area (Å²) >= 11 is 4.76. The van der Waals surface area contributed by atoms with Gasteiger partial charge in [0.05, 0.1) is 0 Å². The molecule has 0 radical (unpaired) electrons. The number of nitrogens with zero attached hydrogens (tertiary/aromatic N) is 2. The number of fused-ring (bicyclic) bond motifs is 1. The van der Waals surface area contributed by atoms with E-state index in [2.05, 4.69) is 26.3 Å². The SMILES string of the molecule is Cc1cc(C)[n+](NC(=O)c2[nH]c3ccc(SC[N+](=O)[O-])cc3c2-c2ccccc2Br)c(C)c1. The van der Waals surface area contributed by atoms with Gasteiger partial charge in [-0.15, -0.1) is 5.43 Å². The minimum absolute atomic E-state index is 0.226. The number of rotatable bonds is 6. The van der Waals surface area contributed by atoms with E-state index in [1.165, 1.54) is 0 Å². The van der Waals surface area contributed by atoms with Gasteiger partial charge in [-0.2, -0.15) is 0 Å². The van der Waals surface area contributed by atoms with Crippen molar-refractivity contribution in [1.82, 2.24) is 4.98 Å². The minimum atomic E-state index is -0.358. The lowest BCUT2D eigenvalue weighted by molar-refractivity contribution is -0.654. The van der Waals surface area contributed by atoms with Gasteiger partial charge in [0.25, 0.3) is 5.88 Å². The Morgan fingerprint density at radius 2 is 1.82 bits per heavy atom. The number of H-pyrrole nitrogens is 1. The number of benzene rings is 2. The Labute approximate surface area is 203 Å². The lowest BCUT2D eigenvalue weighted by atomic mass is 10.0. The summed E-state index contributed by atoms with van der Waals surface area (Å²) in [5, 5.41) is 11.7. The molecule has 168 valence electrons. The van der Waals surface area contributed by atoms with Gasteiger partial charge >= 0.3 is 5.91 Å². The monoisotopic (exact) mass is 525 g/mol. The molecule has 0 bridgehead atoms. The predicted octanol–water partition coefficient (Wildman–Crippen LogP) is 5.52. The average molecular weight is 526 g/mol. The number of amides is 1. The first-order chi connectivity index (χ1) is 15.7. The largest absolute Gasteiger partial charge is 0.350 e. The van der Waals surface area contributed by atoms with Gasteiger partial charge < -0.3 is 4.98 Å². The Morgan fingerprint density at radius 1 is 1.12 bits per heavy atom. The first-order valence-electron chi connectivity index (χ1n) is 10.2. The molecule has 0 spiro atoms. The molecule has 0 atom stereocenters. The fourth-order valence-corrected chi connectivity index (χ4v) is 5.05. The number of aryl methyl sites for hydroxylation is 3. The molecule has 0 saturated heterocycles. The first kappa shape index (κ1) is 23.0. The van der Waals surface area contributed by atoms with Crippen LogP contribution in [-0.4, -0.2) is 21.7 Å². The maximum atomic E-state index is 13.5. The van der Waals surface area contributed by atoms with Crippen LogP contribution < -0.4 is 10.1 Å². The third-order valence-electron chi connectivity index (χ3n) is 5.27. The van der Waals surface area contributed by atoms with Crippen LogP contribution in [0.15, 0.2) is 64.0 Å². The zero-order valence-electron chi connectivity index (χ0n) is 18.3. The lowest BCUT2D eigenvalue weighted by Gasteiger charge is -2.09. The van der Waals surface area contributed by atoms with E-state index < -0.39 is 0 Å². The van der Waals surface area contributed by atoms with Crippen LogP contribution >= 0.6 is 27.7 Å². The summed E-state index contributed by atoms with van der Waals surface area (Å²) < 4.78 is 2.61. The second-order valence-electron chi connectivity index (χ2n) is 7.76. The first-order valence-corrected chi connectivity index (χ1v) is 12.0. The Hall–Kier alpha value is -3.17. The van der Waals surface area contributed by atoms with Crippen LogP contribution in [0.2, 0.25) is 0 Å². The van der Waals surface area contributed by atoms with Crippen molar-refractivity contribution in [3.63, 3.8) is 0 Å². The number of hydrogen-bond acceptors (Lipinski definition) is 4. The van der Waals surface area contributed by atoms with Gasteiger partial charge in [-0.25, -0.2) is 0 Å². The number of nitro groups is 1. The van der Waals surface area contributed by atoms with E-state index in [1.54, 1.807) is 4.68 Å². The van der Waals surface area contributed by atoms with Crippen LogP contribution in [0.1, 0.15) is 27.4 Å². The minimum Gasteiger partial charge on any atom is -0.350 e. The number of thioether (sulfide) groups is 1. The molecular weight excluding hydrogens is 504 g/mol. The van der Waals surface area contributed by atoms with E-state index in [1.807, 2.05) is 75.4 Å². The second-order valence-corrected chi connectivity index (χ2v) is 9.63. The quantitative estimate of drug-likeness (QED) is 0.114.